The first-order valence-corrected chi connectivity index (χ1v) is 8.40. The van der Waals surface area contributed by atoms with Crippen LogP contribution in [0.2, 0.25) is 0 Å². The second-order valence-corrected chi connectivity index (χ2v) is 6.42. The van der Waals surface area contributed by atoms with Crippen LogP contribution in [0.4, 0.5) is 0 Å². The van der Waals surface area contributed by atoms with E-state index in [2.05, 4.69) is 34.1 Å². The molecule has 0 atom stereocenters. The van der Waals surface area contributed by atoms with E-state index in [-0.39, 0.29) is 24.0 Å². The van der Waals surface area contributed by atoms with Crippen LogP contribution < -0.4 is 5.32 Å². The van der Waals surface area contributed by atoms with Gasteiger partial charge in [0.15, 0.2) is 5.96 Å². The molecule has 0 radical (unpaired) electrons. The fourth-order valence-electron chi connectivity index (χ4n) is 2.69. The Morgan fingerprint density at radius 1 is 1.19 bits per heavy atom. The molecule has 0 unspecified atom stereocenters. The van der Waals surface area contributed by atoms with Gasteiger partial charge in [0.1, 0.15) is 0 Å². The van der Waals surface area contributed by atoms with Crippen molar-refractivity contribution >= 4 is 29.9 Å². The van der Waals surface area contributed by atoms with Gasteiger partial charge in [0, 0.05) is 46.3 Å². The van der Waals surface area contributed by atoms with Crippen molar-refractivity contribution in [2.75, 3.05) is 40.3 Å². The van der Waals surface area contributed by atoms with Crippen molar-refractivity contribution in [3.63, 3.8) is 0 Å². The van der Waals surface area contributed by atoms with Gasteiger partial charge in [0.25, 0.3) is 0 Å². The van der Waals surface area contributed by atoms with Crippen LogP contribution in [0.5, 0.6) is 0 Å². The number of nitrogens with zero attached hydrogens (tertiary/aromatic N) is 3. The summed E-state index contributed by atoms with van der Waals surface area (Å²) in [6.45, 7) is 6.84. The number of guanidine groups is 1. The Kier molecular flexibility index (Phi) is 8.94. The van der Waals surface area contributed by atoms with E-state index < -0.39 is 0 Å². The fraction of sp³-hybridized carbons (Fsp3) is 0.938. The van der Waals surface area contributed by atoms with Gasteiger partial charge in [-0.25, -0.2) is 0 Å². The van der Waals surface area contributed by atoms with Crippen molar-refractivity contribution in [2.45, 2.75) is 51.5 Å². The summed E-state index contributed by atoms with van der Waals surface area (Å²) in [5, 5.41) is 3.52. The number of halogens is 1. The highest BCUT2D eigenvalue weighted by molar-refractivity contribution is 14.0. The lowest BCUT2D eigenvalue weighted by Crippen LogP contribution is -2.43. The van der Waals surface area contributed by atoms with E-state index in [0.717, 1.165) is 31.0 Å². The van der Waals surface area contributed by atoms with Crippen LogP contribution in [0, 0.1) is 5.92 Å². The number of unbranched alkanes of at least 4 members (excludes halogenated alkanes) is 1. The minimum absolute atomic E-state index is 0. The molecule has 2 aliphatic carbocycles. The molecule has 0 aromatic rings. The van der Waals surface area contributed by atoms with Gasteiger partial charge in [-0.15, -0.1) is 24.0 Å². The molecule has 0 aromatic carbocycles. The molecule has 0 aliphatic heterocycles. The smallest absolute Gasteiger partial charge is 0.193 e. The van der Waals surface area contributed by atoms with Crippen LogP contribution in [-0.2, 0) is 0 Å². The van der Waals surface area contributed by atoms with Crippen LogP contribution in [0.25, 0.3) is 0 Å². The largest absolute Gasteiger partial charge is 0.355 e. The molecule has 2 fully saturated rings. The first-order valence-electron chi connectivity index (χ1n) is 8.40. The number of nitrogens with one attached hydrogen (secondary N) is 1. The summed E-state index contributed by atoms with van der Waals surface area (Å²) in [4.78, 5) is 9.32. The third-order valence-electron chi connectivity index (χ3n) is 4.36. The number of hydrogen-bond donors (Lipinski definition) is 1. The Morgan fingerprint density at radius 3 is 2.43 bits per heavy atom. The Labute approximate surface area is 147 Å². The highest BCUT2D eigenvalue weighted by atomic mass is 127. The third-order valence-corrected chi connectivity index (χ3v) is 4.36. The standard InChI is InChI=1S/C16H32N4.HI/c1-4-5-11-19(3)16(17-2)18-10-12-20(15-8-9-15)13-14-6-7-14;/h14-15H,4-13H2,1-3H3,(H,17,18);1H. The second-order valence-electron chi connectivity index (χ2n) is 6.42. The van der Waals surface area contributed by atoms with E-state index in [4.69, 9.17) is 0 Å². The molecular formula is C16H33IN4. The van der Waals surface area contributed by atoms with Gasteiger partial charge in [-0.1, -0.05) is 13.3 Å². The van der Waals surface area contributed by atoms with E-state index in [0.29, 0.717) is 0 Å². The summed E-state index contributed by atoms with van der Waals surface area (Å²) in [6.07, 6.45) is 8.21. The van der Waals surface area contributed by atoms with Crippen LogP contribution in [0.1, 0.15) is 45.4 Å². The Morgan fingerprint density at radius 2 is 1.90 bits per heavy atom. The van der Waals surface area contributed by atoms with Crippen LogP contribution in [0.15, 0.2) is 4.99 Å². The highest BCUT2D eigenvalue weighted by Gasteiger charge is 2.33. The summed E-state index contributed by atoms with van der Waals surface area (Å²) in [5.41, 5.74) is 0. The predicted octanol–water partition coefficient (Wildman–Crippen LogP) is 2.79. The Hall–Kier alpha value is -0.0400. The zero-order valence-electron chi connectivity index (χ0n) is 14.0. The topological polar surface area (TPSA) is 30.9 Å². The van der Waals surface area contributed by atoms with Crippen LogP contribution >= 0.6 is 24.0 Å². The molecule has 124 valence electrons. The first kappa shape index (κ1) is 19.0. The molecule has 1 N–H and O–H groups in total. The molecule has 0 amide bonds. The predicted molar refractivity (Wildman–Crippen MR) is 102 cm³/mol. The maximum Gasteiger partial charge on any atom is 0.193 e. The molecule has 0 saturated heterocycles. The van der Waals surface area contributed by atoms with Gasteiger partial charge >= 0.3 is 0 Å². The number of aliphatic imine (C=N–C) groups is 1. The number of hydrogen-bond acceptors (Lipinski definition) is 2. The molecule has 0 aromatic heterocycles. The molecule has 2 saturated carbocycles. The maximum absolute atomic E-state index is 4.38. The van der Waals surface area contributed by atoms with Crippen molar-refractivity contribution in [3.8, 4) is 0 Å². The molecule has 0 spiro atoms. The van der Waals surface area contributed by atoms with Crippen LogP contribution in [-0.4, -0.2) is 62.1 Å². The molecule has 0 heterocycles. The van der Waals surface area contributed by atoms with Crippen molar-refractivity contribution in [1.29, 1.82) is 0 Å². The second kappa shape index (κ2) is 9.87. The van der Waals surface area contributed by atoms with Crippen molar-refractivity contribution < 1.29 is 0 Å². The maximum atomic E-state index is 4.38. The molecule has 2 rings (SSSR count). The first-order chi connectivity index (χ1) is 9.74. The lowest BCUT2D eigenvalue weighted by molar-refractivity contribution is 0.255. The van der Waals surface area contributed by atoms with Crippen molar-refractivity contribution in [3.05, 3.63) is 0 Å². The molecule has 4 nitrogen and oxygen atoms in total. The van der Waals surface area contributed by atoms with E-state index >= 15 is 0 Å². The van der Waals surface area contributed by atoms with Crippen LogP contribution in [0.3, 0.4) is 0 Å². The van der Waals surface area contributed by atoms with Gasteiger partial charge in [0.2, 0.25) is 0 Å². The highest BCUT2D eigenvalue weighted by Crippen LogP contribution is 2.34. The molecule has 0 bridgehead atoms. The molecule has 2 aliphatic rings. The van der Waals surface area contributed by atoms with Gasteiger partial charge in [-0.3, -0.25) is 9.89 Å². The van der Waals surface area contributed by atoms with E-state index in [1.54, 1.807) is 0 Å². The minimum atomic E-state index is 0. The number of rotatable bonds is 9. The van der Waals surface area contributed by atoms with Gasteiger partial charge in [0.05, 0.1) is 0 Å². The third kappa shape index (κ3) is 7.17. The van der Waals surface area contributed by atoms with Gasteiger partial charge in [-0.2, -0.15) is 0 Å². The van der Waals surface area contributed by atoms with E-state index in [9.17, 15) is 0 Å². The molecule has 5 heteroatoms. The van der Waals surface area contributed by atoms with E-state index in [1.165, 1.54) is 51.6 Å². The van der Waals surface area contributed by atoms with E-state index in [1.807, 2.05) is 7.05 Å². The normalized spacial score (nSPS) is 18.6. The fourth-order valence-corrected chi connectivity index (χ4v) is 2.69. The quantitative estimate of drug-likeness (QED) is 0.362. The Balaban J connectivity index is 0.00000220. The molecular weight excluding hydrogens is 375 g/mol. The van der Waals surface area contributed by atoms with Gasteiger partial charge in [-0.05, 0) is 38.0 Å². The zero-order chi connectivity index (χ0) is 14.4. The average molecular weight is 408 g/mol. The van der Waals surface area contributed by atoms with Crippen molar-refractivity contribution in [1.82, 2.24) is 15.1 Å². The summed E-state index contributed by atoms with van der Waals surface area (Å²) < 4.78 is 0. The minimum Gasteiger partial charge on any atom is -0.355 e. The average Bonchev–Trinajstić information content (AvgIpc) is 3.31. The monoisotopic (exact) mass is 408 g/mol. The SMILES string of the molecule is CCCCN(C)C(=NC)NCCN(CC1CC1)C1CC1.I. The van der Waals surface area contributed by atoms with Gasteiger partial charge < -0.3 is 10.2 Å². The summed E-state index contributed by atoms with van der Waals surface area (Å²) >= 11 is 0. The summed E-state index contributed by atoms with van der Waals surface area (Å²) in [7, 11) is 4.02. The Bertz CT molecular complexity index is 313. The molecule has 21 heavy (non-hydrogen) atoms. The summed E-state index contributed by atoms with van der Waals surface area (Å²) in [6, 6.07) is 0.886. The zero-order valence-corrected chi connectivity index (χ0v) is 16.3. The summed E-state index contributed by atoms with van der Waals surface area (Å²) in [5.74, 6) is 2.04. The lowest BCUT2D eigenvalue weighted by Gasteiger charge is -2.25. The lowest BCUT2D eigenvalue weighted by atomic mass is 10.3. The van der Waals surface area contributed by atoms with Crippen molar-refractivity contribution in [2.24, 2.45) is 10.9 Å².